The fourth-order valence-electron chi connectivity index (χ4n) is 1.94. The van der Waals surface area contributed by atoms with Gasteiger partial charge in [0.15, 0.2) is 0 Å². The van der Waals surface area contributed by atoms with Gasteiger partial charge in [-0.15, -0.1) is 0 Å². The molecule has 1 aliphatic heterocycles. The second kappa shape index (κ2) is 4.99. The van der Waals surface area contributed by atoms with Crippen LogP contribution in [0, 0.1) is 0 Å². The quantitative estimate of drug-likeness (QED) is 0.800. The molecule has 1 amide bonds. The highest BCUT2D eigenvalue weighted by Crippen LogP contribution is 2.16. The molecule has 1 fully saturated rings. The Balaban J connectivity index is 2.00. The van der Waals surface area contributed by atoms with Crippen LogP contribution in [0.3, 0.4) is 0 Å². The number of hydrogen-bond acceptors (Lipinski definition) is 3. The molecule has 2 rings (SSSR count). The summed E-state index contributed by atoms with van der Waals surface area (Å²) in [5.41, 5.74) is 1.15. The number of rotatable bonds is 4. The third kappa shape index (κ3) is 2.52. The lowest BCUT2D eigenvalue weighted by Crippen LogP contribution is -2.34. The molecule has 4 heteroatoms. The molecule has 1 aromatic carbocycles. The van der Waals surface area contributed by atoms with Crippen molar-refractivity contribution < 1.29 is 14.6 Å². The summed E-state index contributed by atoms with van der Waals surface area (Å²) in [4.78, 5) is 11.1. The first kappa shape index (κ1) is 11.0. The summed E-state index contributed by atoms with van der Waals surface area (Å²) in [5.74, 6) is 0. The number of amides is 1. The standard InChI is InChI=1S/C12H15NO3/c14-7-6-11-10(13-12(15)16-11)8-9-4-2-1-3-5-9/h1-5,10-11,14H,6-8H2,(H,13,15)/t10-,11-/m1/s1. The van der Waals surface area contributed by atoms with E-state index < -0.39 is 0 Å². The van der Waals surface area contributed by atoms with E-state index in [1.54, 1.807) is 0 Å². The van der Waals surface area contributed by atoms with Crippen LogP contribution in [0.15, 0.2) is 30.3 Å². The van der Waals surface area contributed by atoms with Crippen molar-refractivity contribution in [3.8, 4) is 0 Å². The summed E-state index contributed by atoms with van der Waals surface area (Å²) in [6.45, 7) is 0.0327. The van der Waals surface area contributed by atoms with Gasteiger partial charge in [0.05, 0.1) is 6.04 Å². The van der Waals surface area contributed by atoms with Crippen LogP contribution < -0.4 is 5.32 Å². The number of hydrogen-bond donors (Lipinski definition) is 2. The molecule has 2 N–H and O–H groups in total. The number of aliphatic hydroxyl groups is 1. The van der Waals surface area contributed by atoms with E-state index in [1.807, 2.05) is 30.3 Å². The number of carbonyl (C=O) groups excluding carboxylic acids is 1. The number of benzene rings is 1. The molecule has 1 aromatic rings. The Hall–Kier alpha value is -1.55. The summed E-state index contributed by atoms with van der Waals surface area (Å²) in [6.07, 6.45) is 0.602. The van der Waals surface area contributed by atoms with Crippen LogP contribution in [0.2, 0.25) is 0 Å². The lowest BCUT2D eigenvalue weighted by atomic mass is 10.0. The molecule has 86 valence electrons. The molecular weight excluding hydrogens is 206 g/mol. The van der Waals surface area contributed by atoms with Crippen LogP contribution in [-0.4, -0.2) is 30.0 Å². The molecule has 4 nitrogen and oxygen atoms in total. The molecule has 1 heterocycles. The lowest BCUT2D eigenvalue weighted by molar-refractivity contribution is 0.110. The average Bonchev–Trinajstić information content (AvgIpc) is 2.61. The summed E-state index contributed by atoms with van der Waals surface area (Å²) >= 11 is 0. The second-order valence-electron chi connectivity index (χ2n) is 3.90. The first-order valence-corrected chi connectivity index (χ1v) is 5.41. The van der Waals surface area contributed by atoms with Gasteiger partial charge in [-0.3, -0.25) is 0 Å². The van der Waals surface area contributed by atoms with Gasteiger partial charge in [0.25, 0.3) is 0 Å². The predicted octanol–water partition coefficient (Wildman–Crippen LogP) is 1.09. The van der Waals surface area contributed by atoms with Gasteiger partial charge in [0, 0.05) is 13.0 Å². The van der Waals surface area contributed by atoms with E-state index in [4.69, 9.17) is 9.84 Å². The number of ether oxygens (including phenoxy) is 1. The summed E-state index contributed by atoms with van der Waals surface area (Å²) in [5, 5.41) is 11.6. The van der Waals surface area contributed by atoms with Crippen molar-refractivity contribution >= 4 is 6.09 Å². The third-order valence-corrected chi connectivity index (χ3v) is 2.72. The first-order chi connectivity index (χ1) is 7.79. The van der Waals surface area contributed by atoms with Gasteiger partial charge >= 0.3 is 6.09 Å². The Bertz CT molecular complexity index is 353. The highest BCUT2D eigenvalue weighted by Gasteiger charge is 2.33. The molecule has 1 saturated heterocycles. The fourth-order valence-corrected chi connectivity index (χ4v) is 1.94. The maximum Gasteiger partial charge on any atom is 0.407 e. The average molecular weight is 221 g/mol. The van der Waals surface area contributed by atoms with Crippen molar-refractivity contribution in [1.29, 1.82) is 0 Å². The Labute approximate surface area is 94.2 Å². The van der Waals surface area contributed by atoms with Crippen molar-refractivity contribution in [3.63, 3.8) is 0 Å². The molecule has 0 bridgehead atoms. The van der Waals surface area contributed by atoms with Gasteiger partial charge in [0.2, 0.25) is 0 Å². The highest BCUT2D eigenvalue weighted by atomic mass is 16.6. The minimum Gasteiger partial charge on any atom is -0.444 e. The number of aliphatic hydroxyl groups excluding tert-OH is 1. The number of alkyl carbamates (subject to hydrolysis) is 1. The maximum atomic E-state index is 11.1. The number of cyclic esters (lactones) is 1. The summed E-state index contributed by atoms with van der Waals surface area (Å²) in [6, 6.07) is 9.88. The van der Waals surface area contributed by atoms with E-state index in [2.05, 4.69) is 5.32 Å². The smallest absolute Gasteiger partial charge is 0.407 e. The molecule has 0 radical (unpaired) electrons. The molecule has 16 heavy (non-hydrogen) atoms. The molecule has 0 aliphatic carbocycles. The molecule has 0 aromatic heterocycles. The van der Waals surface area contributed by atoms with E-state index in [9.17, 15) is 4.79 Å². The van der Waals surface area contributed by atoms with Crippen LogP contribution in [0.25, 0.3) is 0 Å². The predicted molar refractivity (Wildman–Crippen MR) is 59.0 cm³/mol. The van der Waals surface area contributed by atoms with E-state index in [0.717, 1.165) is 12.0 Å². The minimum atomic E-state index is -0.389. The maximum absolute atomic E-state index is 11.1. The van der Waals surface area contributed by atoms with Gasteiger partial charge in [0.1, 0.15) is 6.10 Å². The number of carbonyl (C=O) groups is 1. The first-order valence-electron chi connectivity index (χ1n) is 5.41. The third-order valence-electron chi connectivity index (χ3n) is 2.72. The van der Waals surface area contributed by atoms with Crippen LogP contribution in [0.1, 0.15) is 12.0 Å². The normalized spacial score (nSPS) is 23.9. The molecule has 0 spiro atoms. The zero-order chi connectivity index (χ0) is 11.4. The largest absolute Gasteiger partial charge is 0.444 e. The van der Waals surface area contributed by atoms with E-state index in [-0.39, 0.29) is 24.8 Å². The van der Waals surface area contributed by atoms with Crippen LogP contribution in [0.5, 0.6) is 0 Å². The van der Waals surface area contributed by atoms with Crippen molar-refractivity contribution in [2.45, 2.75) is 25.0 Å². The zero-order valence-electron chi connectivity index (χ0n) is 8.93. The van der Waals surface area contributed by atoms with Gasteiger partial charge in [-0.1, -0.05) is 30.3 Å². The molecular formula is C12H15NO3. The van der Waals surface area contributed by atoms with Crippen molar-refractivity contribution in [2.75, 3.05) is 6.61 Å². The van der Waals surface area contributed by atoms with Gasteiger partial charge in [-0.05, 0) is 12.0 Å². The topological polar surface area (TPSA) is 58.6 Å². The van der Waals surface area contributed by atoms with Crippen LogP contribution in [0.4, 0.5) is 4.79 Å². The number of nitrogens with one attached hydrogen (secondary N) is 1. The van der Waals surface area contributed by atoms with Crippen molar-refractivity contribution in [2.24, 2.45) is 0 Å². The zero-order valence-corrected chi connectivity index (χ0v) is 8.93. The monoisotopic (exact) mass is 221 g/mol. The van der Waals surface area contributed by atoms with Crippen LogP contribution >= 0.6 is 0 Å². The van der Waals surface area contributed by atoms with E-state index >= 15 is 0 Å². The van der Waals surface area contributed by atoms with Crippen molar-refractivity contribution in [1.82, 2.24) is 5.32 Å². The van der Waals surface area contributed by atoms with Crippen LogP contribution in [-0.2, 0) is 11.2 Å². The molecule has 0 saturated carbocycles. The minimum absolute atomic E-state index is 0.0327. The summed E-state index contributed by atoms with van der Waals surface area (Å²) < 4.78 is 5.08. The Morgan fingerprint density at radius 1 is 1.31 bits per heavy atom. The Morgan fingerprint density at radius 3 is 2.75 bits per heavy atom. The van der Waals surface area contributed by atoms with E-state index in [1.165, 1.54) is 0 Å². The van der Waals surface area contributed by atoms with Gasteiger partial charge in [-0.2, -0.15) is 0 Å². The van der Waals surface area contributed by atoms with Gasteiger partial charge < -0.3 is 15.2 Å². The molecule has 0 unspecified atom stereocenters. The fraction of sp³-hybridized carbons (Fsp3) is 0.417. The van der Waals surface area contributed by atoms with E-state index in [0.29, 0.717) is 6.42 Å². The van der Waals surface area contributed by atoms with Crippen molar-refractivity contribution in [3.05, 3.63) is 35.9 Å². The molecule has 1 aliphatic rings. The van der Waals surface area contributed by atoms with Gasteiger partial charge in [-0.25, -0.2) is 4.79 Å². The summed E-state index contributed by atoms with van der Waals surface area (Å²) in [7, 11) is 0. The lowest BCUT2D eigenvalue weighted by Gasteiger charge is -2.15. The highest BCUT2D eigenvalue weighted by molar-refractivity contribution is 5.70. The molecule has 2 atom stereocenters. The Kier molecular flexibility index (Phi) is 3.41. The second-order valence-corrected chi connectivity index (χ2v) is 3.90. The SMILES string of the molecule is O=C1N[C@H](Cc2ccccc2)[C@@H](CCO)O1. The Morgan fingerprint density at radius 2 is 2.06 bits per heavy atom.